The van der Waals surface area contributed by atoms with Gasteiger partial charge in [0.2, 0.25) is 0 Å². The molecular formula is C32H39BrN2. The highest BCUT2D eigenvalue weighted by molar-refractivity contribution is 9.10. The van der Waals surface area contributed by atoms with E-state index in [1.54, 1.807) is 0 Å². The lowest BCUT2D eigenvalue weighted by Crippen LogP contribution is -2.44. The van der Waals surface area contributed by atoms with Crippen molar-refractivity contribution in [2.45, 2.75) is 109 Å². The summed E-state index contributed by atoms with van der Waals surface area (Å²) in [6.45, 7) is 4.54. The Balaban J connectivity index is 1.52. The maximum Gasteiger partial charge on any atom is 0.101 e. The number of unbranched alkanes of at least 4 members (excludes halogenated alkanes) is 2. The molecule has 3 saturated carbocycles. The summed E-state index contributed by atoms with van der Waals surface area (Å²) in [5.74, 6) is 0. The fourth-order valence-corrected chi connectivity index (χ4v) is 7.53. The monoisotopic (exact) mass is 530 g/mol. The molecule has 5 rings (SSSR count). The van der Waals surface area contributed by atoms with Crippen molar-refractivity contribution in [2.24, 2.45) is 5.41 Å². The van der Waals surface area contributed by atoms with E-state index in [2.05, 4.69) is 72.2 Å². The Kier molecular flexibility index (Phi) is 8.39. The summed E-state index contributed by atoms with van der Waals surface area (Å²) in [6, 6.07) is 16.0. The summed E-state index contributed by atoms with van der Waals surface area (Å²) in [5.41, 5.74) is 6.73. The van der Waals surface area contributed by atoms with Gasteiger partial charge in [0, 0.05) is 4.47 Å². The summed E-state index contributed by atoms with van der Waals surface area (Å²) in [6.07, 6.45) is 16.4. The first kappa shape index (κ1) is 26.0. The minimum Gasteiger partial charge on any atom is -0.192 e. The third kappa shape index (κ3) is 5.37. The number of hydrogen-bond acceptors (Lipinski definition) is 2. The molecule has 3 aliphatic rings. The second kappa shape index (κ2) is 11.3. The molecule has 0 saturated heterocycles. The molecule has 2 bridgehead atoms. The van der Waals surface area contributed by atoms with Gasteiger partial charge in [0.1, 0.15) is 12.1 Å². The summed E-state index contributed by atoms with van der Waals surface area (Å²) in [4.78, 5) is 0. The van der Waals surface area contributed by atoms with Crippen LogP contribution in [0.1, 0.15) is 118 Å². The third-order valence-corrected chi connectivity index (χ3v) is 9.86. The third-order valence-electron chi connectivity index (χ3n) is 9.12. The van der Waals surface area contributed by atoms with E-state index in [1.807, 2.05) is 0 Å². The SMILES string of the molecule is CCCCCc1ccc(CCc2ccc(C34CCC(CCC)(CC3)CC4)c(C#N)c2C#N)cc1Br. The Morgan fingerprint density at radius 1 is 0.771 bits per heavy atom. The molecule has 3 heteroatoms. The van der Waals surface area contributed by atoms with E-state index in [0.717, 1.165) is 30.4 Å². The van der Waals surface area contributed by atoms with Crippen LogP contribution in [-0.4, -0.2) is 0 Å². The number of fused-ring (bicyclic) bond motifs is 3. The quantitative estimate of drug-likeness (QED) is 0.287. The molecule has 0 aliphatic heterocycles. The van der Waals surface area contributed by atoms with Crippen LogP contribution in [-0.2, 0) is 24.7 Å². The van der Waals surface area contributed by atoms with Crippen LogP contribution in [0.5, 0.6) is 0 Å². The molecule has 0 amide bonds. The zero-order valence-electron chi connectivity index (χ0n) is 21.6. The minimum atomic E-state index is 0.100. The Bertz CT molecular complexity index is 1110. The van der Waals surface area contributed by atoms with Crippen molar-refractivity contribution in [3.8, 4) is 12.1 Å². The van der Waals surface area contributed by atoms with E-state index >= 15 is 0 Å². The molecule has 0 aromatic heterocycles. The first-order valence-corrected chi connectivity index (χ1v) is 14.5. The predicted octanol–water partition coefficient (Wildman–Crippen LogP) is 9.10. The standard InChI is InChI=1S/C32H39BrN2/c1-3-5-6-7-26-11-9-24(21-30(26)33)8-10-25-12-13-29(28(23-35)27(25)22-34)32-18-15-31(14-4-2,16-19-32)17-20-32/h9,11-13,21H,3-8,10,14-20H2,1-2H3. The summed E-state index contributed by atoms with van der Waals surface area (Å²) < 4.78 is 1.19. The molecule has 2 aromatic rings. The molecule has 0 atom stereocenters. The average molecular weight is 532 g/mol. The van der Waals surface area contributed by atoms with Gasteiger partial charge < -0.3 is 0 Å². The molecule has 0 radical (unpaired) electrons. The van der Waals surface area contributed by atoms with Crippen molar-refractivity contribution in [1.29, 1.82) is 10.5 Å². The zero-order valence-corrected chi connectivity index (χ0v) is 23.1. The molecular weight excluding hydrogens is 492 g/mol. The largest absolute Gasteiger partial charge is 0.192 e. The average Bonchev–Trinajstić information content (AvgIpc) is 2.89. The summed E-state index contributed by atoms with van der Waals surface area (Å²) in [7, 11) is 0. The lowest BCUT2D eigenvalue weighted by Gasteiger charge is -2.54. The van der Waals surface area contributed by atoms with Crippen molar-refractivity contribution >= 4 is 15.9 Å². The van der Waals surface area contributed by atoms with Crippen molar-refractivity contribution in [3.05, 3.63) is 68.2 Å². The smallest absolute Gasteiger partial charge is 0.101 e. The van der Waals surface area contributed by atoms with Crippen LogP contribution in [0, 0.1) is 28.1 Å². The number of nitrogens with zero attached hydrogens (tertiary/aromatic N) is 2. The van der Waals surface area contributed by atoms with E-state index in [9.17, 15) is 10.5 Å². The maximum absolute atomic E-state index is 10.2. The van der Waals surface area contributed by atoms with Crippen molar-refractivity contribution in [3.63, 3.8) is 0 Å². The van der Waals surface area contributed by atoms with E-state index in [1.165, 1.54) is 86.2 Å². The van der Waals surface area contributed by atoms with Gasteiger partial charge in [-0.1, -0.05) is 73.3 Å². The summed E-state index contributed by atoms with van der Waals surface area (Å²) >= 11 is 3.77. The van der Waals surface area contributed by atoms with Crippen molar-refractivity contribution < 1.29 is 0 Å². The molecule has 0 unspecified atom stereocenters. The Morgan fingerprint density at radius 2 is 1.46 bits per heavy atom. The van der Waals surface area contributed by atoms with Crippen LogP contribution in [0.2, 0.25) is 0 Å². The topological polar surface area (TPSA) is 47.6 Å². The normalized spacial score (nSPS) is 23.1. The number of benzene rings is 2. The van der Waals surface area contributed by atoms with Crippen LogP contribution in [0.3, 0.4) is 0 Å². The highest BCUT2D eigenvalue weighted by atomic mass is 79.9. The van der Waals surface area contributed by atoms with Gasteiger partial charge in [-0.3, -0.25) is 0 Å². The van der Waals surface area contributed by atoms with Gasteiger partial charge in [0.25, 0.3) is 0 Å². The van der Waals surface area contributed by atoms with E-state index in [0.29, 0.717) is 16.5 Å². The molecule has 2 aromatic carbocycles. The molecule has 0 heterocycles. The lowest BCUT2D eigenvalue weighted by molar-refractivity contribution is 0.0319. The van der Waals surface area contributed by atoms with Gasteiger partial charge in [-0.05, 0) is 110 Å². The Hall–Kier alpha value is -2.10. The first-order valence-electron chi connectivity index (χ1n) is 13.7. The van der Waals surface area contributed by atoms with Crippen LogP contribution < -0.4 is 0 Å². The second-order valence-electron chi connectivity index (χ2n) is 11.2. The fraction of sp³-hybridized carbons (Fsp3) is 0.562. The van der Waals surface area contributed by atoms with Gasteiger partial charge in [-0.25, -0.2) is 0 Å². The van der Waals surface area contributed by atoms with Crippen LogP contribution in [0.15, 0.2) is 34.8 Å². The number of rotatable bonds is 10. The minimum absolute atomic E-state index is 0.100. The summed E-state index contributed by atoms with van der Waals surface area (Å²) in [5, 5.41) is 20.3. The van der Waals surface area contributed by atoms with Gasteiger partial charge >= 0.3 is 0 Å². The van der Waals surface area contributed by atoms with Gasteiger partial charge in [0.15, 0.2) is 0 Å². The first-order chi connectivity index (χ1) is 17.0. The number of halogens is 1. The van der Waals surface area contributed by atoms with E-state index in [-0.39, 0.29) is 5.41 Å². The van der Waals surface area contributed by atoms with Gasteiger partial charge in [-0.2, -0.15) is 10.5 Å². The Labute approximate surface area is 220 Å². The molecule has 3 aliphatic carbocycles. The van der Waals surface area contributed by atoms with Crippen molar-refractivity contribution in [2.75, 3.05) is 0 Å². The maximum atomic E-state index is 10.2. The fourth-order valence-electron chi connectivity index (χ4n) is 6.91. The second-order valence-corrected chi connectivity index (χ2v) is 12.0. The number of nitriles is 2. The number of hydrogen-bond donors (Lipinski definition) is 0. The van der Waals surface area contributed by atoms with Crippen LogP contribution >= 0.6 is 15.9 Å². The van der Waals surface area contributed by atoms with Crippen LogP contribution in [0.25, 0.3) is 0 Å². The Morgan fingerprint density at radius 3 is 2.06 bits per heavy atom. The van der Waals surface area contributed by atoms with Crippen molar-refractivity contribution in [1.82, 2.24) is 0 Å². The van der Waals surface area contributed by atoms with Gasteiger partial charge in [-0.15, -0.1) is 0 Å². The highest BCUT2D eigenvalue weighted by Gasteiger charge is 2.49. The molecule has 0 spiro atoms. The molecule has 2 nitrogen and oxygen atoms in total. The molecule has 3 fully saturated rings. The lowest BCUT2D eigenvalue weighted by atomic mass is 9.50. The zero-order chi connectivity index (χ0) is 24.9. The van der Waals surface area contributed by atoms with E-state index in [4.69, 9.17) is 0 Å². The molecule has 35 heavy (non-hydrogen) atoms. The highest BCUT2D eigenvalue weighted by Crippen LogP contribution is 2.60. The van der Waals surface area contributed by atoms with Crippen LogP contribution in [0.4, 0.5) is 0 Å². The molecule has 0 N–H and O–H groups in total. The van der Waals surface area contributed by atoms with Gasteiger partial charge in [0.05, 0.1) is 11.1 Å². The number of aryl methyl sites for hydroxylation is 3. The predicted molar refractivity (Wildman–Crippen MR) is 147 cm³/mol. The molecule has 184 valence electrons. The van der Waals surface area contributed by atoms with E-state index < -0.39 is 0 Å².